The van der Waals surface area contributed by atoms with Gasteiger partial charge in [0.05, 0.1) is 0 Å². The first-order chi connectivity index (χ1) is 9.24. The van der Waals surface area contributed by atoms with Crippen LogP contribution in [0.25, 0.3) is 0 Å². The third-order valence-corrected chi connectivity index (χ3v) is 3.17. The van der Waals surface area contributed by atoms with Crippen LogP contribution >= 0.6 is 0 Å². The highest BCUT2D eigenvalue weighted by molar-refractivity contribution is 5.44. The number of anilines is 1. The van der Waals surface area contributed by atoms with Crippen LogP contribution < -0.4 is 5.32 Å². The van der Waals surface area contributed by atoms with E-state index in [0.717, 1.165) is 19.6 Å². The van der Waals surface area contributed by atoms with Crippen LogP contribution in [0.3, 0.4) is 0 Å². The summed E-state index contributed by atoms with van der Waals surface area (Å²) in [6, 6.07) is 19.1. The number of nitrogens with one attached hydrogen (secondary N) is 1. The van der Waals surface area contributed by atoms with E-state index in [2.05, 4.69) is 78.8 Å². The van der Waals surface area contributed by atoms with Crippen molar-refractivity contribution in [1.82, 2.24) is 4.90 Å². The van der Waals surface area contributed by atoms with Gasteiger partial charge >= 0.3 is 0 Å². The van der Waals surface area contributed by atoms with Crippen LogP contribution in [0.5, 0.6) is 0 Å². The van der Waals surface area contributed by atoms with E-state index in [0.29, 0.717) is 0 Å². The van der Waals surface area contributed by atoms with Crippen LogP contribution in [-0.4, -0.2) is 25.0 Å². The molecule has 0 spiro atoms. The summed E-state index contributed by atoms with van der Waals surface area (Å²) in [7, 11) is 2.16. The van der Waals surface area contributed by atoms with Gasteiger partial charge in [0, 0.05) is 25.3 Å². The second-order valence-electron chi connectivity index (χ2n) is 5.02. The monoisotopic (exact) mass is 254 g/mol. The van der Waals surface area contributed by atoms with Crippen LogP contribution in [0, 0.1) is 6.92 Å². The molecule has 19 heavy (non-hydrogen) atoms. The molecule has 0 fully saturated rings. The Morgan fingerprint density at radius 2 is 1.63 bits per heavy atom. The number of hydrogen-bond acceptors (Lipinski definition) is 2. The molecule has 0 unspecified atom stereocenters. The van der Waals surface area contributed by atoms with Gasteiger partial charge in [0.15, 0.2) is 0 Å². The summed E-state index contributed by atoms with van der Waals surface area (Å²) in [6.07, 6.45) is 0. The zero-order valence-corrected chi connectivity index (χ0v) is 11.8. The molecule has 0 radical (unpaired) electrons. The van der Waals surface area contributed by atoms with Crippen molar-refractivity contribution < 1.29 is 0 Å². The van der Waals surface area contributed by atoms with Crippen LogP contribution in [0.2, 0.25) is 0 Å². The Hall–Kier alpha value is -1.80. The molecule has 0 heterocycles. The topological polar surface area (TPSA) is 15.3 Å². The molecule has 0 atom stereocenters. The molecular weight excluding hydrogens is 232 g/mol. The average molecular weight is 254 g/mol. The number of aryl methyl sites for hydroxylation is 1. The van der Waals surface area contributed by atoms with Crippen molar-refractivity contribution in [2.24, 2.45) is 0 Å². The minimum atomic E-state index is 0.965. The molecule has 0 saturated carbocycles. The third kappa shape index (κ3) is 4.76. The molecule has 2 rings (SSSR count). The van der Waals surface area contributed by atoms with E-state index >= 15 is 0 Å². The van der Waals surface area contributed by atoms with Crippen molar-refractivity contribution >= 4 is 5.69 Å². The zero-order chi connectivity index (χ0) is 13.5. The average Bonchev–Trinajstić information content (AvgIpc) is 2.42. The molecular formula is C17H22N2. The maximum Gasteiger partial charge on any atom is 0.0340 e. The van der Waals surface area contributed by atoms with Gasteiger partial charge in [0.1, 0.15) is 0 Å². The molecule has 0 aliphatic carbocycles. The van der Waals surface area contributed by atoms with Gasteiger partial charge in [-0.25, -0.2) is 0 Å². The highest BCUT2D eigenvalue weighted by atomic mass is 15.1. The first-order valence-corrected chi connectivity index (χ1v) is 6.77. The second kappa shape index (κ2) is 6.95. The molecule has 2 nitrogen and oxygen atoms in total. The maximum absolute atomic E-state index is 3.45. The summed E-state index contributed by atoms with van der Waals surface area (Å²) in [5, 5.41) is 3.45. The Morgan fingerprint density at radius 3 is 2.32 bits per heavy atom. The van der Waals surface area contributed by atoms with Crippen molar-refractivity contribution in [1.29, 1.82) is 0 Å². The third-order valence-electron chi connectivity index (χ3n) is 3.17. The Balaban J connectivity index is 1.72. The smallest absolute Gasteiger partial charge is 0.0340 e. The predicted octanol–water partition coefficient (Wildman–Crippen LogP) is 3.54. The van der Waals surface area contributed by atoms with E-state index in [1.54, 1.807) is 0 Å². The van der Waals surface area contributed by atoms with E-state index in [1.165, 1.54) is 16.8 Å². The summed E-state index contributed by atoms with van der Waals surface area (Å²) in [5.74, 6) is 0. The van der Waals surface area contributed by atoms with Crippen LogP contribution in [-0.2, 0) is 6.54 Å². The van der Waals surface area contributed by atoms with Gasteiger partial charge in [-0.1, -0.05) is 48.0 Å². The van der Waals surface area contributed by atoms with E-state index in [1.807, 2.05) is 0 Å². The minimum absolute atomic E-state index is 0.965. The lowest BCUT2D eigenvalue weighted by atomic mass is 10.2. The van der Waals surface area contributed by atoms with Gasteiger partial charge in [0.25, 0.3) is 0 Å². The summed E-state index contributed by atoms with van der Waals surface area (Å²) in [4.78, 5) is 2.33. The molecule has 2 aromatic rings. The Kier molecular flexibility index (Phi) is 4.99. The van der Waals surface area contributed by atoms with E-state index in [-0.39, 0.29) is 0 Å². The molecule has 0 saturated heterocycles. The highest BCUT2D eigenvalue weighted by Gasteiger charge is 1.99. The van der Waals surface area contributed by atoms with E-state index in [9.17, 15) is 0 Å². The van der Waals surface area contributed by atoms with E-state index < -0.39 is 0 Å². The lowest BCUT2D eigenvalue weighted by molar-refractivity contribution is 0.340. The lowest BCUT2D eigenvalue weighted by Crippen LogP contribution is -2.24. The van der Waals surface area contributed by atoms with Gasteiger partial charge in [0.2, 0.25) is 0 Å². The number of nitrogens with zero attached hydrogens (tertiary/aromatic N) is 1. The fraction of sp³-hybridized carbons (Fsp3) is 0.294. The second-order valence-corrected chi connectivity index (χ2v) is 5.02. The molecule has 2 heteroatoms. The molecule has 0 aliphatic rings. The number of rotatable bonds is 6. The van der Waals surface area contributed by atoms with Crippen molar-refractivity contribution in [2.75, 3.05) is 25.5 Å². The lowest BCUT2D eigenvalue weighted by Gasteiger charge is -2.17. The summed E-state index contributed by atoms with van der Waals surface area (Å²) >= 11 is 0. The van der Waals surface area contributed by atoms with Crippen molar-refractivity contribution in [3.8, 4) is 0 Å². The summed E-state index contributed by atoms with van der Waals surface area (Å²) < 4.78 is 0. The molecule has 0 aliphatic heterocycles. The Labute approximate surface area is 116 Å². The zero-order valence-electron chi connectivity index (χ0n) is 11.8. The summed E-state index contributed by atoms with van der Waals surface area (Å²) in [6.45, 7) is 5.10. The quantitative estimate of drug-likeness (QED) is 0.848. The summed E-state index contributed by atoms with van der Waals surface area (Å²) in [5.41, 5.74) is 3.85. The fourth-order valence-electron chi connectivity index (χ4n) is 2.04. The van der Waals surface area contributed by atoms with Crippen molar-refractivity contribution in [2.45, 2.75) is 13.5 Å². The van der Waals surface area contributed by atoms with Crippen molar-refractivity contribution in [3.63, 3.8) is 0 Å². The predicted molar refractivity (Wildman–Crippen MR) is 82.4 cm³/mol. The van der Waals surface area contributed by atoms with Crippen LogP contribution in [0.15, 0.2) is 54.6 Å². The SMILES string of the molecule is Cc1ccc(NCCN(C)Cc2ccccc2)cc1. The highest BCUT2D eigenvalue weighted by Crippen LogP contribution is 2.08. The van der Waals surface area contributed by atoms with E-state index in [4.69, 9.17) is 0 Å². The minimum Gasteiger partial charge on any atom is -0.384 e. The van der Waals surface area contributed by atoms with Crippen LogP contribution in [0.4, 0.5) is 5.69 Å². The first kappa shape index (κ1) is 13.6. The van der Waals surface area contributed by atoms with Gasteiger partial charge in [-0.2, -0.15) is 0 Å². The fourth-order valence-corrected chi connectivity index (χ4v) is 2.04. The normalized spacial score (nSPS) is 10.7. The molecule has 1 N–H and O–H groups in total. The molecule has 0 bridgehead atoms. The number of likely N-dealkylation sites (N-methyl/N-ethyl adjacent to an activating group) is 1. The van der Waals surface area contributed by atoms with Gasteiger partial charge in [-0.3, -0.25) is 0 Å². The van der Waals surface area contributed by atoms with Gasteiger partial charge in [-0.05, 0) is 31.7 Å². The van der Waals surface area contributed by atoms with Gasteiger partial charge < -0.3 is 10.2 Å². The first-order valence-electron chi connectivity index (χ1n) is 6.77. The molecule has 0 amide bonds. The number of hydrogen-bond donors (Lipinski definition) is 1. The molecule has 100 valence electrons. The van der Waals surface area contributed by atoms with Crippen LogP contribution in [0.1, 0.15) is 11.1 Å². The Morgan fingerprint density at radius 1 is 0.947 bits per heavy atom. The Bertz CT molecular complexity index is 476. The number of benzene rings is 2. The maximum atomic E-state index is 3.45. The largest absolute Gasteiger partial charge is 0.384 e. The standard InChI is InChI=1S/C17H22N2/c1-15-8-10-17(11-9-15)18-12-13-19(2)14-16-6-4-3-5-7-16/h3-11,18H,12-14H2,1-2H3. The van der Waals surface area contributed by atoms with Crippen molar-refractivity contribution in [3.05, 3.63) is 65.7 Å². The molecule has 2 aromatic carbocycles. The molecule has 0 aromatic heterocycles. The van der Waals surface area contributed by atoms with Gasteiger partial charge in [-0.15, -0.1) is 0 Å².